The first-order valence-corrected chi connectivity index (χ1v) is 12.0. The summed E-state index contributed by atoms with van der Waals surface area (Å²) in [5.74, 6) is 1.09. The monoisotopic (exact) mass is 437 g/mol. The van der Waals surface area contributed by atoms with Gasteiger partial charge in [0.1, 0.15) is 0 Å². The number of nitrogens with zero attached hydrogens (tertiary/aromatic N) is 5. The van der Waals surface area contributed by atoms with Crippen LogP contribution in [0, 0.1) is 12.8 Å². The van der Waals surface area contributed by atoms with E-state index in [0.717, 1.165) is 44.0 Å². The van der Waals surface area contributed by atoms with Crippen molar-refractivity contribution in [3.63, 3.8) is 0 Å². The van der Waals surface area contributed by atoms with Crippen LogP contribution in [-0.4, -0.2) is 25.2 Å². The Balaban J connectivity index is 1.73. The maximum atomic E-state index is 13.5. The minimum atomic E-state index is -0.276. The van der Waals surface area contributed by atoms with E-state index in [1.165, 1.54) is 34.0 Å². The van der Waals surface area contributed by atoms with E-state index < -0.39 is 0 Å². The predicted octanol–water partition coefficient (Wildman–Crippen LogP) is 4.35. The van der Waals surface area contributed by atoms with Crippen molar-refractivity contribution >= 4 is 22.8 Å². The summed E-state index contributed by atoms with van der Waals surface area (Å²) in [5, 5.41) is 0. The van der Waals surface area contributed by atoms with Crippen molar-refractivity contribution in [1.82, 2.24) is 18.7 Å². The molecule has 0 N–H and O–H groups in total. The van der Waals surface area contributed by atoms with Gasteiger partial charge < -0.3 is 9.47 Å². The Morgan fingerprint density at radius 3 is 2.41 bits per heavy atom. The van der Waals surface area contributed by atoms with E-state index in [4.69, 9.17) is 4.98 Å². The number of imidazole rings is 1. The van der Waals surface area contributed by atoms with Gasteiger partial charge in [-0.05, 0) is 31.4 Å². The summed E-state index contributed by atoms with van der Waals surface area (Å²) < 4.78 is 4.96. The van der Waals surface area contributed by atoms with Crippen LogP contribution in [0.15, 0.2) is 33.9 Å². The smallest absolute Gasteiger partial charge is 0.312 e. The highest BCUT2D eigenvalue weighted by molar-refractivity contribution is 5.77. The van der Waals surface area contributed by atoms with E-state index in [2.05, 4.69) is 49.9 Å². The van der Waals surface area contributed by atoms with Gasteiger partial charge >= 0.3 is 5.69 Å². The summed E-state index contributed by atoms with van der Waals surface area (Å²) in [5.41, 5.74) is 2.77. The zero-order valence-corrected chi connectivity index (χ0v) is 19.8. The van der Waals surface area contributed by atoms with E-state index in [1.807, 2.05) is 4.57 Å². The second-order valence-electron chi connectivity index (χ2n) is 9.31. The fourth-order valence-electron chi connectivity index (χ4n) is 4.69. The summed E-state index contributed by atoms with van der Waals surface area (Å²) >= 11 is 0. The average Bonchev–Trinajstić information content (AvgIpc) is 3.16. The molecule has 3 aromatic rings. The molecule has 2 aromatic heterocycles. The van der Waals surface area contributed by atoms with Crippen molar-refractivity contribution in [2.45, 2.75) is 72.4 Å². The maximum Gasteiger partial charge on any atom is 0.332 e. The van der Waals surface area contributed by atoms with Crippen LogP contribution in [0.25, 0.3) is 11.2 Å². The van der Waals surface area contributed by atoms with Crippen LogP contribution in [0.3, 0.4) is 0 Å². The second kappa shape index (κ2) is 9.35. The van der Waals surface area contributed by atoms with Crippen molar-refractivity contribution in [2.24, 2.45) is 13.0 Å². The van der Waals surface area contributed by atoms with Crippen LogP contribution in [0.5, 0.6) is 0 Å². The van der Waals surface area contributed by atoms with Crippen LogP contribution >= 0.6 is 0 Å². The Bertz CT molecular complexity index is 1200. The molecule has 0 bridgehead atoms. The first-order chi connectivity index (χ1) is 15.4. The first kappa shape index (κ1) is 22.4. The summed E-state index contributed by atoms with van der Waals surface area (Å²) in [6, 6.07) is 8.36. The second-order valence-corrected chi connectivity index (χ2v) is 9.31. The molecule has 1 atom stereocenters. The highest BCUT2D eigenvalue weighted by atomic mass is 16.2. The van der Waals surface area contributed by atoms with Gasteiger partial charge in [0.05, 0.1) is 0 Å². The van der Waals surface area contributed by atoms with Crippen LogP contribution < -0.4 is 16.1 Å². The fraction of sp³-hybridized carbons (Fsp3) is 0.560. The average molecular weight is 438 g/mol. The van der Waals surface area contributed by atoms with Crippen molar-refractivity contribution in [3.8, 4) is 0 Å². The summed E-state index contributed by atoms with van der Waals surface area (Å²) in [6.45, 7) is 8.47. The third kappa shape index (κ3) is 4.12. The standard InChI is InChI=1S/C25H35N5O2/c1-5-6-7-8-9-10-15-28-23(31)21-22(27(4)25(28)32)26-24-29(16-19(3)17-30(21)24)20-13-11-18(2)12-14-20/h11-14,19H,5-10,15-17H2,1-4H3. The number of hydrogen-bond acceptors (Lipinski definition) is 4. The topological polar surface area (TPSA) is 65.1 Å². The van der Waals surface area contributed by atoms with Gasteiger partial charge in [-0.1, -0.05) is 63.6 Å². The lowest BCUT2D eigenvalue weighted by atomic mass is 10.1. The molecule has 0 amide bonds. The molecule has 0 spiro atoms. The fourth-order valence-corrected chi connectivity index (χ4v) is 4.69. The Hall–Kier alpha value is -2.83. The summed E-state index contributed by atoms with van der Waals surface area (Å²) in [4.78, 5) is 33.4. The van der Waals surface area contributed by atoms with Crippen molar-refractivity contribution < 1.29 is 0 Å². The van der Waals surface area contributed by atoms with E-state index in [-0.39, 0.29) is 11.2 Å². The molecule has 1 aliphatic rings. The summed E-state index contributed by atoms with van der Waals surface area (Å²) in [6.07, 6.45) is 6.70. The lowest BCUT2D eigenvalue weighted by Gasteiger charge is -2.33. The SMILES string of the molecule is CCCCCCCCn1c(=O)c2c(nc3n2CC(C)CN3c2ccc(C)cc2)n(C)c1=O. The third-order valence-electron chi connectivity index (χ3n) is 6.52. The molecule has 7 nitrogen and oxygen atoms in total. The Morgan fingerprint density at radius 1 is 1.00 bits per heavy atom. The molecular formula is C25H35N5O2. The number of aromatic nitrogens is 4. The largest absolute Gasteiger partial charge is 0.332 e. The van der Waals surface area contributed by atoms with Gasteiger partial charge in [0.2, 0.25) is 5.95 Å². The van der Waals surface area contributed by atoms with Crippen molar-refractivity contribution in [2.75, 3.05) is 11.4 Å². The molecule has 1 aliphatic heterocycles. The van der Waals surface area contributed by atoms with E-state index in [0.29, 0.717) is 23.6 Å². The van der Waals surface area contributed by atoms with Crippen molar-refractivity contribution in [1.29, 1.82) is 0 Å². The number of anilines is 2. The van der Waals surface area contributed by atoms with E-state index in [9.17, 15) is 9.59 Å². The van der Waals surface area contributed by atoms with Crippen LogP contribution in [-0.2, 0) is 20.1 Å². The number of hydrogen-bond donors (Lipinski definition) is 0. The quantitative estimate of drug-likeness (QED) is 0.492. The number of fused-ring (bicyclic) bond motifs is 3. The van der Waals surface area contributed by atoms with Gasteiger partial charge in [0, 0.05) is 32.4 Å². The Kier molecular flexibility index (Phi) is 6.53. The van der Waals surface area contributed by atoms with Gasteiger partial charge in [-0.3, -0.25) is 13.9 Å². The molecule has 172 valence electrons. The van der Waals surface area contributed by atoms with Crippen LogP contribution in [0.4, 0.5) is 11.6 Å². The van der Waals surface area contributed by atoms with Gasteiger partial charge in [0.15, 0.2) is 11.2 Å². The Labute approximate surface area is 189 Å². The van der Waals surface area contributed by atoms with Crippen molar-refractivity contribution in [3.05, 3.63) is 50.7 Å². The molecular weight excluding hydrogens is 402 g/mol. The minimum absolute atomic E-state index is 0.214. The van der Waals surface area contributed by atoms with Crippen LogP contribution in [0.2, 0.25) is 0 Å². The summed E-state index contributed by atoms with van der Waals surface area (Å²) in [7, 11) is 1.72. The maximum absolute atomic E-state index is 13.5. The molecule has 0 saturated heterocycles. The van der Waals surface area contributed by atoms with Gasteiger partial charge in [-0.2, -0.15) is 4.98 Å². The lowest BCUT2D eigenvalue weighted by Crippen LogP contribution is -2.40. The van der Waals surface area contributed by atoms with Crippen LogP contribution in [0.1, 0.15) is 57.9 Å². The highest BCUT2D eigenvalue weighted by Gasteiger charge is 2.29. The predicted molar refractivity (Wildman–Crippen MR) is 130 cm³/mol. The Morgan fingerprint density at radius 2 is 1.69 bits per heavy atom. The minimum Gasteiger partial charge on any atom is -0.312 e. The first-order valence-electron chi connectivity index (χ1n) is 12.0. The molecule has 7 heteroatoms. The molecule has 32 heavy (non-hydrogen) atoms. The van der Waals surface area contributed by atoms with E-state index in [1.54, 1.807) is 7.05 Å². The van der Waals surface area contributed by atoms with Gasteiger partial charge in [-0.25, -0.2) is 4.79 Å². The van der Waals surface area contributed by atoms with E-state index >= 15 is 0 Å². The molecule has 1 unspecified atom stereocenters. The molecule has 1 aromatic carbocycles. The normalized spacial score (nSPS) is 16.0. The molecule has 4 rings (SSSR count). The number of rotatable bonds is 8. The zero-order chi connectivity index (χ0) is 22.8. The van der Waals surface area contributed by atoms with Gasteiger partial charge in [0.25, 0.3) is 5.56 Å². The highest BCUT2D eigenvalue weighted by Crippen LogP contribution is 2.32. The number of benzene rings is 1. The molecule has 0 radical (unpaired) electrons. The lowest BCUT2D eigenvalue weighted by molar-refractivity contribution is 0.457. The number of unbranched alkanes of at least 4 members (excludes halogenated alkanes) is 5. The number of aryl methyl sites for hydroxylation is 2. The van der Waals surface area contributed by atoms with Gasteiger partial charge in [-0.15, -0.1) is 0 Å². The molecule has 0 saturated carbocycles. The molecule has 3 heterocycles. The molecule has 0 fully saturated rings. The third-order valence-corrected chi connectivity index (χ3v) is 6.52. The molecule has 0 aliphatic carbocycles. The zero-order valence-electron chi connectivity index (χ0n) is 19.8.